The number of benzene rings is 1. The van der Waals surface area contributed by atoms with Crippen molar-refractivity contribution >= 4 is 5.82 Å². The first-order valence-corrected chi connectivity index (χ1v) is 8.25. The molecule has 0 saturated heterocycles. The molecule has 1 aromatic heterocycles. The van der Waals surface area contributed by atoms with Gasteiger partial charge in [-0.1, -0.05) is 18.2 Å². The van der Waals surface area contributed by atoms with Crippen LogP contribution in [0.2, 0.25) is 0 Å². The Morgan fingerprint density at radius 3 is 2.79 bits per heavy atom. The zero-order valence-electron chi connectivity index (χ0n) is 13.8. The standard InChI is InChI=1S/C18H23FN4O/c1-24-11-18-22-16(13-8-14(20)9-13)10-17(23-18)21-7-6-12-4-2-3-5-15(12)19/h2-5,10,13-14H,6-9,11,20H2,1H3,(H,21,22,23). The lowest BCUT2D eigenvalue weighted by molar-refractivity contribution is 0.177. The van der Waals surface area contributed by atoms with Crippen molar-refractivity contribution in [3.05, 3.63) is 53.2 Å². The average Bonchev–Trinajstić information content (AvgIpc) is 2.54. The lowest BCUT2D eigenvalue weighted by Crippen LogP contribution is -2.35. The second-order valence-corrected chi connectivity index (χ2v) is 6.22. The summed E-state index contributed by atoms with van der Waals surface area (Å²) in [6.45, 7) is 0.975. The fourth-order valence-corrected chi connectivity index (χ4v) is 2.94. The number of aromatic nitrogens is 2. The first-order chi connectivity index (χ1) is 11.7. The molecule has 0 bridgehead atoms. The number of nitrogens with two attached hydrogens (primary N) is 1. The van der Waals surface area contributed by atoms with Crippen LogP contribution in [-0.4, -0.2) is 29.7 Å². The molecule has 128 valence electrons. The number of ether oxygens (including phenoxy) is 1. The van der Waals surface area contributed by atoms with E-state index < -0.39 is 0 Å². The van der Waals surface area contributed by atoms with E-state index in [-0.39, 0.29) is 11.9 Å². The van der Waals surface area contributed by atoms with Gasteiger partial charge in [0.1, 0.15) is 18.2 Å². The smallest absolute Gasteiger partial charge is 0.156 e. The average molecular weight is 330 g/mol. The number of methoxy groups -OCH3 is 1. The minimum atomic E-state index is -0.175. The monoisotopic (exact) mass is 330 g/mol. The molecule has 5 nitrogen and oxygen atoms in total. The van der Waals surface area contributed by atoms with Gasteiger partial charge in [-0.05, 0) is 30.9 Å². The number of nitrogens with one attached hydrogen (secondary N) is 1. The van der Waals surface area contributed by atoms with Crippen molar-refractivity contribution in [2.45, 2.75) is 37.8 Å². The van der Waals surface area contributed by atoms with Crippen LogP contribution in [0.1, 0.15) is 35.8 Å². The summed E-state index contributed by atoms with van der Waals surface area (Å²) in [5.74, 6) is 1.63. The van der Waals surface area contributed by atoms with Gasteiger partial charge in [0.2, 0.25) is 0 Å². The highest BCUT2D eigenvalue weighted by atomic mass is 19.1. The number of nitrogens with zero attached hydrogens (tertiary/aromatic N) is 2. The third kappa shape index (κ3) is 4.07. The predicted molar refractivity (Wildman–Crippen MR) is 91.3 cm³/mol. The molecule has 1 aliphatic carbocycles. The lowest BCUT2D eigenvalue weighted by atomic mass is 9.78. The van der Waals surface area contributed by atoms with Gasteiger partial charge >= 0.3 is 0 Å². The number of hydrogen-bond acceptors (Lipinski definition) is 5. The van der Waals surface area contributed by atoms with E-state index in [9.17, 15) is 4.39 Å². The molecule has 0 amide bonds. The Morgan fingerprint density at radius 1 is 1.29 bits per heavy atom. The second-order valence-electron chi connectivity index (χ2n) is 6.22. The molecule has 1 aromatic carbocycles. The number of rotatable bonds is 7. The maximum absolute atomic E-state index is 13.7. The van der Waals surface area contributed by atoms with Crippen LogP contribution in [-0.2, 0) is 17.8 Å². The third-order valence-corrected chi connectivity index (χ3v) is 4.32. The first kappa shape index (κ1) is 16.8. The molecule has 2 aromatic rings. The summed E-state index contributed by atoms with van der Waals surface area (Å²) in [6.07, 6.45) is 2.51. The van der Waals surface area contributed by atoms with Crippen LogP contribution in [0.15, 0.2) is 30.3 Å². The largest absolute Gasteiger partial charge is 0.377 e. The highest BCUT2D eigenvalue weighted by Crippen LogP contribution is 2.35. The maximum Gasteiger partial charge on any atom is 0.156 e. The molecular formula is C18H23FN4O. The molecule has 3 rings (SSSR count). The maximum atomic E-state index is 13.7. The summed E-state index contributed by atoms with van der Waals surface area (Å²) in [5.41, 5.74) is 7.58. The van der Waals surface area contributed by atoms with Crippen molar-refractivity contribution in [2.75, 3.05) is 19.0 Å². The van der Waals surface area contributed by atoms with E-state index in [1.165, 1.54) is 6.07 Å². The molecule has 1 fully saturated rings. The van der Waals surface area contributed by atoms with Gasteiger partial charge < -0.3 is 15.8 Å². The van der Waals surface area contributed by atoms with Gasteiger partial charge in [-0.25, -0.2) is 14.4 Å². The molecule has 6 heteroatoms. The van der Waals surface area contributed by atoms with Crippen LogP contribution in [0.4, 0.5) is 10.2 Å². The van der Waals surface area contributed by atoms with Crippen LogP contribution in [0.5, 0.6) is 0 Å². The SMILES string of the molecule is COCc1nc(NCCc2ccccc2F)cc(C2CC(N)C2)n1. The molecule has 0 aliphatic heterocycles. The Kier molecular flexibility index (Phi) is 5.37. The Labute approximate surface area is 141 Å². The Bertz CT molecular complexity index is 688. The summed E-state index contributed by atoms with van der Waals surface area (Å²) in [6, 6.07) is 9.06. The van der Waals surface area contributed by atoms with E-state index in [1.54, 1.807) is 19.2 Å². The zero-order chi connectivity index (χ0) is 16.9. The molecule has 24 heavy (non-hydrogen) atoms. The second kappa shape index (κ2) is 7.68. The fourth-order valence-electron chi connectivity index (χ4n) is 2.94. The van der Waals surface area contributed by atoms with Gasteiger partial charge in [-0.2, -0.15) is 0 Å². The number of halogens is 1. The van der Waals surface area contributed by atoms with Crippen LogP contribution in [0.3, 0.4) is 0 Å². The van der Waals surface area contributed by atoms with E-state index in [2.05, 4.69) is 15.3 Å². The lowest BCUT2D eigenvalue weighted by Gasteiger charge is -2.32. The Balaban J connectivity index is 1.66. The Morgan fingerprint density at radius 2 is 2.08 bits per heavy atom. The van der Waals surface area contributed by atoms with Crippen LogP contribution in [0, 0.1) is 5.82 Å². The number of anilines is 1. The van der Waals surface area contributed by atoms with Gasteiger partial charge in [-0.15, -0.1) is 0 Å². The van der Waals surface area contributed by atoms with Crippen LogP contribution < -0.4 is 11.1 Å². The van der Waals surface area contributed by atoms with Gasteiger partial charge in [0.05, 0.1) is 0 Å². The molecule has 0 atom stereocenters. The Hall–Kier alpha value is -2.05. The van der Waals surface area contributed by atoms with Crippen molar-refractivity contribution in [1.82, 2.24) is 9.97 Å². The van der Waals surface area contributed by atoms with E-state index in [0.717, 1.165) is 24.4 Å². The van der Waals surface area contributed by atoms with Crippen molar-refractivity contribution in [1.29, 1.82) is 0 Å². The zero-order valence-corrected chi connectivity index (χ0v) is 13.8. The summed E-state index contributed by atoms with van der Waals surface area (Å²) >= 11 is 0. The number of hydrogen-bond donors (Lipinski definition) is 2. The molecule has 1 aliphatic rings. The van der Waals surface area contributed by atoms with Crippen molar-refractivity contribution in [3.63, 3.8) is 0 Å². The van der Waals surface area contributed by atoms with Crippen molar-refractivity contribution in [3.8, 4) is 0 Å². The molecule has 1 heterocycles. The van der Waals surface area contributed by atoms with Gasteiger partial charge in [0, 0.05) is 37.4 Å². The summed E-state index contributed by atoms with van der Waals surface area (Å²) in [5, 5.41) is 3.27. The molecular weight excluding hydrogens is 307 g/mol. The van der Waals surface area contributed by atoms with E-state index >= 15 is 0 Å². The van der Waals surface area contributed by atoms with E-state index in [1.807, 2.05) is 12.1 Å². The van der Waals surface area contributed by atoms with Crippen molar-refractivity contribution < 1.29 is 9.13 Å². The third-order valence-electron chi connectivity index (χ3n) is 4.32. The van der Waals surface area contributed by atoms with Gasteiger partial charge in [0.25, 0.3) is 0 Å². The van der Waals surface area contributed by atoms with Crippen molar-refractivity contribution in [2.24, 2.45) is 5.73 Å². The molecule has 1 saturated carbocycles. The fraction of sp³-hybridized carbons (Fsp3) is 0.444. The van der Waals surface area contributed by atoms with E-state index in [0.29, 0.717) is 36.9 Å². The summed E-state index contributed by atoms with van der Waals surface area (Å²) in [7, 11) is 1.63. The predicted octanol–water partition coefficient (Wildman–Crippen LogP) is 2.62. The normalized spacial score (nSPS) is 19.8. The highest BCUT2D eigenvalue weighted by molar-refractivity contribution is 5.38. The van der Waals surface area contributed by atoms with Gasteiger partial charge in [0.15, 0.2) is 5.82 Å². The first-order valence-electron chi connectivity index (χ1n) is 8.25. The molecule has 0 radical (unpaired) electrons. The summed E-state index contributed by atoms with van der Waals surface area (Å²) in [4.78, 5) is 9.03. The highest BCUT2D eigenvalue weighted by Gasteiger charge is 2.29. The quantitative estimate of drug-likeness (QED) is 0.816. The van der Waals surface area contributed by atoms with Crippen LogP contribution >= 0.6 is 0 Å². The molecule has 3 N–H and O–H groups in total. The molecule has 0 unspecified atom stereocenters. The topological polar surface area (TPSA) is 73.1 Å². The van der Waals surface area contributed by atoms with Gasteiger partial charge in [-0.3, -0.25) is 0 Å². The minimum absolute atomic E-state index is 0.175. The van der Waals surface area contributed by atoms with E-state index in [4.69, 9.17) is 10.5 Å². The van der Waals surface area contributed by atoms with Crippen LogP contribution in [0.25, 0.3) is 0 Å². The molecule has 0 spiro atoms. The summed E-state index contributed by atoms with van der Waals surface area (Å²) < 4.78 is 18.8. The minimum Gasteiger partial charge on any atom is -0.377 e.